The van der Waals surface area contributed by atoms with Gasteiger partial charge >= 0.3 is 12.1 Å². The summed E-state index contributed by atoms with van der Waals surface area (Å²) in [6.45, 7) is 3.86. The maximum Gasteiger partial charge on any atom is 0.407 e. The van der Waals surface area contributed by atoms with Crippen LogP contribution in [0.1, 0.15) is 31.0 Å². The number of halogens is 2. The van der Waals surface area contributed by atoms with Gasteiger partial charge in [-0.3, -0.25) is 4.79 Å². The Morgan fingerprint density at radius 1 is 1.25 bits per heavy atom. The summed E-state index contributed by atoms with van der Waals surface area (Å²) >= 11 is 6.95. The van der Waals surface area contributed by atoms with Crippen LogP contribution in [0.2, 0.25) is 5.02 Å². The van der Waals surface area contributed by atoms with Gasteiger partial charge in [0.2, 0.25) is 5.95 Å². The topological polar surface area (TPSA) is 206 Å². The maximum atomic E-state index is 12.1. The van der Waals surface area contributed by atoms with Gasteiger partial charge in [-0.05, 0) is 44.4 Å². The summed E-state index contributed by atoms with van der Waals surface area (Å²) in [5.41, 5.74) is 1.86. The Kier molecular flexibility index (Phi) is 10.2. The van der Waals surface area contributed by atoms with Gasteiger partial charge in [-0.15, -0.1) is 17.5 Å². The second-order valence-electron chi connectivity index (χ2n) is 10.3. The molecule has 2 aliphatic heterocycles. The molecule has 15 nitrogen and oxygen atoms in total. The smallest absolute Gasteiger partial charge is 0.407 e. The maximum absolute atomic E-state index is 12.1. The Hall–Kier alpha value is -4.57. The number of alkyl carbamates (subject to hydrolysis) is 1. The van der Waals surface area contributed by atoms with Gasteiger partial charge < -0.3 is 36.0 Å². The van der Waals surface area contributed by atoms with Crippen molar-refractivity contribution >= 4 is 64.9 Å². The first-order chi connectivity index (χ1) is 20.8. The molecule has 2 fully saturated rings. The highest BCUT2D eigenvalue weighted by atomic mass is 35.5. The molecule has 2 aliphatic rings. The number of nitriles is 2. The number of ether oxygens (including phenoxy) is 1. The number of rotatable bonds is 8. The zero-order valence-corrected chi connectivity index (χ0v) is 25.4. The molecule has 0 saturated carbocycles. The highest BCUT2D eigenvalue weighted by molar-refractivity contribution is 6.36. The number of fused-ring (bicyclic) bond motifs is 1. The second kappa shape index (κ2) is 13.8. The van der Waals surface area contributed by atoms with Crippen LogP contribution in [0.15, 0.2) is 18.3 Å². The third kappa shape index (κ3) is 6.35. The van der Waals surface area contributed by atoms with Crippen molar-refractivity contribution in [2.45, 2.75) is 31.8 Å². The second-order valence-corrected chi connectivity index (χ2v) is 10.6. The molecule has 5 rings (SSSR count). The quantitative estimate of drug-likeness (QED) is 0.240. The fourth-order valence-corrected chi connectivity index (χ4v) is 6.17. The molecule has 3 aromatic rings. The average Bonchev–Trinajstić information content (AvgIpc) is 3.66. The van der Waals surface area contributed by atoms with E-state index in [1.54, 1.807) is 12.1 Å². The lowest BCUT2D eigenvalue weighted by molar-refractivity contribution is -0.140. The molecule has 1 aromatic carbocycles. The van der Waals surface area contributed by atoms with E-state index in [1.807, 2.05) is 11.8 Å². The Bertz CT molecular complexity index is 1640. The van der Waals surface area contributed by atoms with Gasteiger partial charge in [0.15, 0.2) is 17.2 Å². The minimum Gasteiger partial charge on any atom is -0.480 e. The zero-order chi connectivity index (χ0) is 30.7. The summed E-state index contributed by atoms with van der Waals surface area (Å²) in [6, 6.07) is 6.40. The number of carbonyl (C=O) groups excluding carboxylic acids is 1. The van der Waals surface area contributed by atoms with Crippen LogP contribution in [0.4, 0.5) is 27.9 Å². The number of methoxy groups -OCH3 is 1. The van der Waals surface area contributed by atoms with Gasteiger partial charge in [0.25, 0.3) is 0 Å². The van der Waals surface area contributed by atoms with E-state index in [0.717, 1.165) is 0 Å². The lowest BCUT2D eigenvalue weighted by Gasteiger charge is -2.43. The molecule has 44 heavy (non-hydrogen) atoms. The van der Waals surface area contributed by atoms with E-state index in [4.69, 9.17) is 16.3 Å². The standard InChI is InChI=1S/C27H30ClN11O4.ClH/c1-3-31-23-24-33-12-15(11-30)39(24)37-26(36-23)34-19-8-14(10-29)9-20(21(19)28)38-7-5-18(35-27(42)43-2)17(13-38)16-4-6-32-22(16)25(40)41;/h8-9,12,16-18,22,32H,3-7,13H2,1-2H3,(H,35,42)(H,40,41)(H2,31,34,36,37);1H/t16-,17?,18-,22+;/m1./s1. The normalized spacial score (nSPS) is 21.1. The van der Waals surface area contributed by atoms with Crippen molar-refractivity contribution < 1.29 is 19.4 Å². The van der Waals surface area contributed by atoms with Crippen LogP contribution in [0, 0.1) is 34.5 Å². The highest BCUT2D eigenvalue weighted by Crippen LogP contribution is 2.40. The highest BCUT2D eigenvalue weighted by Gasteiger charge is 2.44. The van der Waals surface area contributed by atoms with Gasteiger partial charge in [0.05, 0.1) is 41.3 Å². The fraction of sp³-hybridized carbons (Fsp3) is 0.444. The summed E-state index contributed by atoms with van der Waals surface area (Å²) in [4.78, 5) is 34.9. The lowest BCUT2D eigenvalue weighted by atomic mass is 9.77. The molecule has 0 spiro atoms. The summed E-state index contributed by atoms with van der Waals surface area (Å²) in [5.74, 6) is -0.913. The number of carbonyl (C=O) groups is 2. The molecular weight excluding hydrogens is 613 g/mol. The Morgan fingerprint density at radius 2 is 2.05 bits per heavy atom. The van der Waals surface area contributed by atoms with Crippen LogP contribution in [-0.4, -0.2) is 82.1 Å². The van der Waals surface area contributed by atoms with Crippen molar-refractivity contribution in [2.75, 3.05) is 48.8 Å². The van der Waals surface area contributed by atoms with Gasteiger partial charge in [-0.25, -0.2) is 9.78 Å². The molecule has 5 N–H and O–H groups in total. The number of nitrogens with zero attached hydrogens (tertiary/aromatic N) is 7. The Morgan fingerprint density at radius 3 is 2.73 bits per heavy atom. The monoisotopic (exact) mass is 643 g/mol. The molecule has 4 heterocycles. The van der Waals surface area contributed by atoms with Gasteiger partial charge in [0, 0.05) is 31.6 Å². The third-order valence-corrected chi connectivity index (χ3v) is 8.22. The number of hydrogen-bond donors (Lipinski definition) is 5. The summed E-state index contributed by atoms with van der Waals surface area (Å²) in [7, 11) is 1.29. The molecule has 1 amide bonds. The van der Waals surface area contributed by atoms with Crippen molar-refractivity contribution in [2.24, 2.45) is 11.8 Å². The number of piperidine rings is 1. The van der Waals surface area contributed by atoms with E-state index in [2.05, 4.69) is 48.5 Å². The SMILES string of the molecule is CCNc1nc(Nc2cc(C#N)cc(N3CC[C@@H](NC(=O)OC)C([C@H]4CCN[C@@H]4C(=O)O)C3)c2Cl)nn2c(C#N)cnc12.Cl. The first-order valence-electron chi connectivity index (χ1n) is 13.7. The average molecular weight is 645 g/mol. The number of imidazole rings is 1. The van der Waals surface area contributed by atoms with Gasteiger partial charge in [-0.2, -0.15) is 20.0 Å². The number of hydrogen-bond acceptors (Lipinski definition) is 12. The molecule has 0 radical (unpaired) electrons. The minimum absolute atomic E-state index is 0. The van der Waals surface area contributed by atoms with E-state index in [1.165, 1.54) is 17.8 Å². The molecule has 4 atom stereocenters. The third-order valence-electron chi connectivity index (χ3n) is 7.82. The summed E-state index contributed by atoms with van der Waals surface area (Å²) < 4.78 is 6.20. The van der Waals surface area contributed by atoms with E-state index < -0.39 is 18.1 Å². The van der Waals surface area contributed by atoms with Crippen LogP contribution in [0.5, 0.6) is 0 Å². The molecule has 17 heteroatoms. The Balaban J connectivity index is 0.00000442. The zero-order valence-electron chi connectivity index (χ0n) is 23.9. The van der Waals surface area contributed by atoms with E-state index in [-0.39, 0.29) is 41.9 Å². The molecule has 232 valence electrons. The number of carboxylic acids is 1. The van der Waals surface area contributed by atoms with Crippen molar-refractivity contribution in [1.82, 2.24) is 30.2 Å². The van der Waals surface area contributed by atoms with Crippen molar-refractivity contribution in [3.8, 4) is 12.1 Å². The van der Waals surface area contributed by atoms with Crippen molar-refractivity contribution in [3.63, 3.8) is 0 Å². The first-order valence-corrected chi connectivity index (χ1v) is 14.1. The van der Waals surface area contributed by atoms with E-state index >= 15 is 0 Å². The van der Waals surface area contributed by atoms with Crippen LogP contribution >= 0.6 is 24.0 Å². The molecule has 0 bridgehead atoms. The minimum atomic E-state index is -0.946. The Labute approximate surface area is 263 Å². The predicted octanol–water partition coefficient (Wildman–Crippen LogP) is 2.73. The number of carboxylic acid groups (broad SMARTS) is 1. The summed E-state index contributed by atoms with van der Waals surface area (Å²) in [6.07, 6.45) is 1.95. The number of anilines is 4. The molecular formula is C27H31Cl2N11O4. The number of nitrogens with one attached hydrogen (secondary N) is 4. The van der Waals surface area contributed by atoms with Crippen molar-refractivity contribution in [1.29, 1.82) is 10.5 Å². The van der Waals surface area contributed by atoms with Gasteiger partial charge in [0.1, 0.15) is 12.1 Å². The van der Waals surface area contributed by atoms with Crippen LogP contribution in [0.25, 0.3) is 5.65 Å². The lowest BCUT2D eigenvalue weighted by Crippen LogP contribution is -2.56. The number of aromatic nitrogens is 4. The number of benzene rings is 1. The number of aliphatic carboxylic acids is 1. The molecule has 1 unspecified atom stereocenters. The van der Waals surface area contributed by atoms with Crippen molar-refractivity contribution in [3.05, 3.63) is 34.6 Å². The molecule has 0 aliphatic carbocycles. The van der Waals surface area contributed by atoms with Crippen LogP contribution < -0.4 is 26.2 Å². The van der Waals surface area contributed by atoms with E-state index in [9.17, 15) is 25.2 Å². The largest absolute Gasteiger partial charge is 0.480 e. The van der Waals surface area contributed by atoms with Crippen LogP contribution in [-0.2, 0) is 9.53 Å². The molecule has 2 saturated heterocycles. The number of amides is 1. The summed E-state index contributed by atoms with van der Waals surface area (Å²) in [5, 5.41) is 46.1. The van der Waals surface area contributed by atoms with E-state index in [0.29, 0.717) is 72.4 Å². The first kappa shape index (κ1) is 32.3. The molecule has 2 aromatic heterocycles. The fourth-order valence-electron chi connectivity index (χ4n) is 5.89. The van der Waals surface area contributed by atoms with Crippen LogP contribution in [0.3, 0.4) is 0 Å². The van der Waals surface area contributed by atoms with Gasteiger partial charge in [-0.1, -0.05) is 11.6 Å². The predicted molar refractivity (Wildman–Crippen MR) is 164 cm³/mol.